The van der Waals surface area contributed by atoms with Crippen molar-refractivity contribution in [3.63, 3.8) is 0 Å². The van der Waals surface area contributed by atoms with Crippen molar-refractivity contribution in [2.75, 3.05) is 13.1 Å². The largest absolute Gasteiger partial charge is 0.409 e. The first-order valence-electron chi connectivity index (χ1n) is 7.19. The molecule has 2 rings (SSSR count). The molecule has 1 aliphatic heterocycles. The van der Waals surface area contributed by atoms with Crippen LogP contribution in [0.25, 0.3) is 0 Å². The summed E-state index contributed by atoms with van der Waals surface area (Å²) in [6.07, 6.45) is 4.15. The lowest BCUT2D eigenvalue weighted by atomic mass is 10.0. The van der Waals surface area contributed by atoms with Crippen LogP contribution < -0.4 is 10.5 Å². The molecule has 2 fully saturated rings. The second-order valence-electron chi connectivity index (χ2n) is 5.87. The summed E-state index contributed by atoms with van der Waals surface area (Å²) in [4.78, 5) is 0. The summed E-state index contributed by atoms with van der Waals surface area (Å²) >= 11 is 0. The maximum absolute atomic E-state index is 12.4. The minimum atomic E-state index is -3.47. The predicted molar refractivity (Wildman–Crippen MR) is 76.6 cm³/mol. The summed E-state index contributed by atoms with van der Waals surface area (Å²) < 4.78 is 29.0. The van der Waals surface area contributed by atoms with E-state index in [1.165, 1.54) is 4.31 Å². The summed E-state index contributed by atoms with van der Waals surface area (Å²) in [7, 11) is -3.47. The summed E-state index contributed by atoms with van der Waals surface area (Å²) in [6, 6.07) is -0.268. The number of nitrogens with two attached hydrogens (primary N) is 1. The molecule has 1 saturated carbocycles. The molecule has 0 bridgehead atoms. The van der Waals surface area contributed by atoms with E-state index < -0.39 is 10.2 Å². The maximum atomic E-state index is 12.4. The minimum Gasteiger partial charge on any atom is -0.409 e. The average Bonchev–Trinajstić information content (AvgIpc) is 2.85. The number of hydrogen-bond acceptors (Lipinski definition) is 4. The van der Waals surface area contributed by atoms with Crippen LogP contribution >= 0.6 is 0 Å². The van der Waals surface area contributed by atoms with Gasteiger partial charge in [0.1, 0.15) is 5.84 Å². The molecule has 7 nitrogen and oxygen atoms in total. The summed E-state index contributed by atoms with van der Waals surface area (Å²) in [6.45, 7) is 3.28. The fourth-order valence-electron chi connectivity index (χ4n) is 3.02. The van der Waals surface area contributed by atoms with Crippen LogP contribution in [-0.4, -0.2) is 42.9 Å². The fourth-order valence-corrected chi connectivity index (χ4v) is 4.53. The topological polar surface area (TPSA) is 108 Å². The molecule has 1 heterocycles. The van der Waals surface area contributed by atoms with E-state index in [1.54, 1.807) is 0 Å². The van der Waals surface area contributed by atoms with Crippen LogP contribution in [0.2, 0.25) is 0 Å². The lowest BCUT2D eigenvalue weighted by Gasteiger charge is -2.31. The molecule has 20 heavy (non-hydrogen) atoms. The van der Waals surface area contributed by atoms with Crippen molar-refractivity contribution in [2.45, 2.75) is 45.1 Å². The lowest BCUT2D eigenvalue weighted by molar-refractivity contribution is 0.282. The van der Waals surface area contributed by atoms with Gasteiger partial charge in [0.25, 0.3) is 10.2 Å². The Labute approximate surface area is 120 Å². The Morgan fingerprint density at radius 1 is 1.30 bits per heavy atom. The lowest BCUT2D eigenvalue weighted by Crippen LogP contribution is -2.50. The zero-order valence-electron chi connectivity index (χ0n) is 11.8. The van der Waals surface area contributed by atoms with E-state index in [0.717, 1.165) is 32.1 Å². The van der Waals surface area contributed by atoms with Gasteiger partial charge >= 0.3 is 0 Å². The van der Waals surface area contributed by atoms with Crippen molar-refractivity contribution in [1.29, 1.82) is 0 Å². The molecule has 2 atom stereocenters. The first-order valence-corrected chi connectivity index (χ1v) is 8.63. The van der Waals surface area contributed by atoms with Gasteiger partial charge in [-0.25, -0.2) is 0 Å². The SMILES string of the molecule is CC1CCN(S(=O)(=O)NC2CCCC2C(N)=NO)CC1. The van der Waals surface area contributed by atoms with Crippen LogP contribution in [0.5, 0.6) is 0 Å². The molecular formula is C12H24N4O3S. The highest BCUT2D eigenvalue weighted by molar-refractivity contribution is 7.87. The van der Waals surface area contributed by atoms with Crippen LogP contribution in [0, 0.1) is 11.8 Å². The molecule has 0 radical (unpaired) electrons. The van der Waals surface area contributed by atoms with Gasteiger partial charge in [-0.3, -0.25) is 0 Å². The van der Waals surface area contributed by atoms with Crippen molar-refractivity contribution in [1.82, 2.24) is 9.03 Å². The zero-order valence-corrected chi connectivity index (χ0v) is 12.6. The van der Waals surface area contributed by atoms with E-state index in [-0.39, 0.29) is 17.8 Å². The zero-order chi connectivity index (χ0) is 14.8. The molecule has 1 aliphatic carbocycles. The Kier molecular flexibility index (Phi) is 4.87. The van der Waals surface area contributed by atoms with Gasteiger partial charge < -0.3 is 10.9 Å². The van der Waals surface area contributed by atoms with Gasteiger partial charge in [-0.05, 0) is 31.6 Å². The Balaban J connectivity index is 2.01. The first kappa shape index (κ1) is 15.5. The number of nitrogens with zero attached hydrogens (tertiary/aromatic N) is 2. The van der Waals surface area contributed by atoms with E-state index in [9.17, 15) is 8.42 Å². The number of nitrogens with one attached hydrogen (secondary N) is 1. The summed E-state index contributed by atoms with van der Waals surface area (Å²) in [5.74, 6) is 0.485. The molecule has 0 aromatic heterocycles. The van der Waals surface area contributed by atoms with Gasteiger partial charge in [0.05, 0.1) is 0 Å². The highest BCUT2D eigenvalue weighted by Crippen LogP contribution is 2.27. The smallest absolute Gasteiger partial charge is 0.279 e. The van der Waals surface area contributed by atoms with Gasteiger partial charge in [-0.2, -0.15) is 17.4 Å². The van der Waals surface area contributed by atoms with E-state index in [2.05, 4.69) is 16.8 Å². The molecule has 0 aromatic carbocycles. The Morgan fingerprint density at radius 2 is 1.95 bits per heavy atom. The monoisotopic (exact) mass is 304 g/mol. The number of amidine groups is 1. The van der Waals surface area contributed by atoms with E-state index in [0.29, 0.717) is 19.0 Å². The molecule has 2 aliphatic rings. The van der Waals surface area contributed by atoms with Crippen molar-refractivity contribution < 1.29 is 13.6 Å². The van der Waals surface area contributed by atoms with E-state index in [1.807, 2.05) is 0 Å². The second kappa shape index (κ2) is 6.28. The third-order valence-corrected chi connectivity index (χ3v) is 6.04. The van der Waals surface area contributed by atoms with Gasteiger partial charge in [-0.1, -0.05) is 18.5 Å². The molecule has 4 N–H and O–H groups in total. The number of oxime groups is 1. The highest BCUT2D eigenvalue weighted by Gasteiger charge is 2.36. The van der Waals surface area contributed by atoms with Gasteiger partial charge in [0.15, 0.2) is 0 Å². The fraction of sp³-hybridized carbons (Fsp3) is 0.917. The molecule has 8 heteroatoms. The van der Waals surface area contributed by atoms with Gasteiger partial charge in [0.2, 0.25) is 0 Å². The molecule has 0 spiro atoms. The predicted octanol–water partition coefficient (Wildman–Crippen LogP) is 0.468. The van der Waals surface area contributed by atoms with Crippen LogP contribution in [0.1, 0.15) is 39.0 Å². The quantitative estimate of drug-likeness (QED) is 0.303. The molecule has 2 unspecified atom stereocenters. The standard InChI is InChI=1S/C12H24N4O3S/c1-9-5-7-16(8-6-9)20(18,19)15-11-4-2-3-10(11)12(13)14-17/h9-11,15,17H,2-8H2,1H3,(H2,13,14). The van der Waals surface area contributed by atoms with Gasteiger partial charge in [-0.15, -0.1) is 0 Å². The summed E-state index contributed by atoms with van der Waals surface area (Å²) in [5.41, 5.74) is 5.64. The maximum Gasteiger partial charge on any atom is 0.279 e. The van der Waals surface area contributed by atoms with Crippen LogP contribution in [-0.2, 0) is 10.2 Å². The molecule has 0 aromatic rings. The molecular weight excluding hydrogens is 280 g/mol. The van der Waals surface area contributed by atoms with Crippen molar-refractivity contribution in [3.8, 4) is 0 Å². The second-order valence-corrected chi connectivity index (χ2v) is 7.58. The third kappa shape index (κ3) is 3.42. The normalized spacial score (nSPS) is 30.8. The van der Waals surface area contributed by atoms with Crippen LogP contribution in [0.15, 0.2) is 5.16 Å². The van der Waals surface area contributed by atoms with Gasteiger partial charge in [0, 0.05) is 25.0 Å². The Hall–Kier alpha value is -0.860. The van der Waals surface area contributed by atoms with Crippen LogP contribution in [0.3, 0.4) is 0 Å². The third-order valence-electron chi connectivity index (χ3n) is 4.39. The van der Waals surface area contributed by atoms with Crippen molar-refractivity contribution >= 4 is 16.0 Å². The molecule has 1 saturated heterocycles. The molecule has 116 valence electrons. The van der Waals surface area contributed by atoms with Crippen LogP contribution in [0.4, 0.5) is 0 Å². The van der Waals surface area contributed by atoms with Crippen molar-refractivity contribution in [2.24, 2.45) is 22.7 Å². The average molecular weight is 304 g/mol. The summed E-state index contributed by atoms with van der Waals surface area (Å²) in [5, 5.41) is 11.8. The minimum absolute atomic E-state index is 0.113. The Morgan fingerprint density at radius 3 is 2.55 bits per heavy atom. The highest BCUT2D eigenvalue weighted by atomic mass is 32.2. The van der Waals surface area contributed by atoms with E-state index in [4.69, 9.17) is 10.9 Å². The number of hydrogen-bond donors (Lipinski definition) is 3. The number of piperidine rings is 1. The van der Waals surface area contributed by atoms with E-state index >= 15 is 0 Å². The van der Waals surface area contributed by atoms with Crippen molar-refractivity contribution in [3.05, 3.63) is 0 Å². The first-order chi connectivity index (χ1) is 9.44. The Bertz CT molecular complexity index is 457. The number of rotatable bonds is 4. The molecule has 0 amide bonds.